The van der Waals surface area contributed by atoms with Crippen LogP contribution in [0.1, 0.15) is 5.69 Å². The van der Waals surface area contributed by atoms with Crippen LogP contribution >= 0.6 is 27.3 Å². The number of hydrogen-bond acceptors (Lipinski definition) is 4. The number of aryl methyl sites for hydroxylation is 1. The fourth-order valence-corrected chi connectivity index (χ4v) is 2.84. The molecular weight excluding hydrogens is 322 g/mol. The van der Waals surface area contributed by atoms with E-state index >= 15 is 0 Å². The van der Waals surface area contributed by atoms with Crippen molar-refractivity contribution in [3.63, 3.8) is 0 Å². The molecule has 0 aliphatic carbocycles. The molecule has 2 aromatic heterocycles. The van der Waals surface area contributed by atoms with Crippen molar-refractivity contribution in [2.45, 2.75) is 6.92 Å². The van der Waals surface area contributed by atoms with Crippen molar-refractivity contribution in [2.75, 3.05) is 0 Å². The van der Waals surface area contributed by atoms with Crippen LogP contribution in [0.25, 0.3) is 22.0 Å². The van der Waals surface area contributed by atoms with Gasteiger partial charge in [-0.15, -0.1) is 11.3 Å². The minimum atomic E-state index is 0.849. The number of nitrogens with zero attached hydrogens (tertiary/aromatic N) is 3. The van der Waals surface area contributed by atoms with Gasteiger partial charge in [-0.25, -0.2) is 4.98 Å². The van der Waals surface area contributed by atoms with Crippen molar-refractivity contribution in [3.8, 4) is 22.0 Å². The Labute approximate surface area is 123 Å². The Bertz CT molecular complexity index is 707. The lowest BCUT2D eigenvalue weighted by Gasteiger charge is -1.99. The van der Waals surface area contributed by atoms with E-state index in [9.17, 15) is 0 Å². The highest BCUT2D eigenvalue weighted by molar-refractivity contribution is 9.10. The first-order chi connectivity index (χ1) is 9.24. The van der Waals surface area contributed by atoms with Crippen LogP contribution in [0.3, 0.4) is 0 Å². The van der Waals surface area contributed by atoms with Crippen LogP contribution in [0.15, 0.2) is 46.5 Å². The summed E-state index contributed by atoms with van der Waals surface area (Å²) in [6, 6.07) is 8.14. The van der Waals surface area contributed by atoms with E-state index in [1.165, 1.54) is 0 Å². The van der Waals surface area contributed by atoms with Crippen LogP contribution < -0.4 is 0 Å². The van der Waals surface area contributed by atoms with Gasteiger partial charge in [-0.1, -0.05) is 28.1 Å². The first-order valence-electron chi connectivity index (χ1n) is 5.73. The molecule has 0 spiro atoms. The standard InChI is InChI=1S/C14H10BrN3S/c1-9-13(17-7-6-16-9)12-8-19-14(18-12)10-2-4-11(15)5-3-10/h2-8H,1H3. The minimum absolute atomic E-state index is 0.849. The van der Waals surface area contributed by atoms with Crippen LogP contribution in [0.4, 0.5) is 0 Å². The molecule has 94 valence electrons. The smallest absolute Gasteiger partial charge is 0.124 e. The van der Waals surface area contributed by atoms with Gasteiger partial charge in [0.05, 0.1) is 5.69 Å². The van der Waals surface area contributed by atoms with Gasteiger partial charge >= 0.3 is 0 Å². The van der Waals surface area contributed by atoms with Crippen LogP contribution in [0.5, 0.6) is 0 Å². The molecular formula is C14H10BrN3S. The van der Waals surface area contributed by atoms with E-state index in [1.807, 2.05) is 24.4 Å². The monoisotopic (exact) mass is 331 g/mol. The normalized spacial score (nSPS) is 10.6. The highest BCUT2D eigenvalue weighted by Crippen LogP contribution is 2.29. The maximum absolute atomic E-state index is 4.64. The minimum Gasteiger partial charge on any atom is -0.258 e. The number of rotatable bonds is 2. The zero-order valence-corrected chi connectivity index (χ0v) is 12.6. The van der Waals surface area contributed by atoms with E-state index in [-0.39, 0.29) is 0 Å². The molecule has 0 atom stereocenters. The fraction of sp³-hybridized carbons (Fsp3) is 0.0714. The summed E-state index contributed by atoms with van der Waals surface area (Å²) in [5, 5.41) is 3.02. The van der Waals surface area contributed by atoms with Crippen molar-refractivity contribution >= 4 is 27.3 Å². The molecule has 0 aliphatic rings. The molecule has 5 heteroatoms. The summed E-state index contributed by atoms with van der Waals surface area (Å²) in [7, 11) is 0. The summed E-state index contributed by atoms with van der Waals surface area (Å²) >= 11 is 5.05. The van der Waals surface area contributed by atoms with Gasteiger partial charge in [-0.3, -0.25) is 9.97 Å². The third-order valence-electron chi connectivity index (χ3n) is 2.72. The van der Waals surface area contributed by atoms with Gasteiger partial charge in [-0.2, -0.15) is 0 Å². The lowest BCUT2D eigenvalue weighted by molar-refractivity contribution is 1.11. The Morgan fingerprint density at radius 1 is 1.05 bits per heavy atom. The summed E-state index contributed by atoms with van der Waals surface area (Å²) in [5.74, 6) is 0. The van der Waals surface area contributed by atoms with Crippen molar-refractivity contribution < 1.29 is 0 Å². The van der Waals surface area contributed by atoms with E-state index in [0.29, 0.717) is 0 Å². The molecule has 0 unspecified atom stereocenters. The third kappa shape index (κ3) is 2.57. The van der Waals surface area contributed by atoms with Gasteiger partial charge in [0.25, 0.3) is 0 Å². The lowest BCUT2D eigenvalue weighted by atomic mass is 10.2. The first kappa shape index (κ1) is 12.4. The zero-order chi connectivity index (χ0) is 13.2. The molecule has 0 radical (unpaired) electrons. The SMILES string of the molecule is Cc1nccnc1-c1csc(-c2ccc(Br)cc2)n1. The molecule has 0 amide bonds. The van der Waals surface area contributed by atoms with E-state index in [2.05, 4.69) is 43.0 Å². The number of halogens is 1. The van der Waals surface area contributed by atoms with E-state index in [0.717, 1.165) is 32.1 Å². The van der Waals surface area contributed by atoms with Crippen LogP contribution in [-0.2, 0) is 0 Å². The van der Waals surface area contributed by atoms with Crippen LogP contribution in [-0.4, -0.2) is 15.0 Å². The van der Waals surface area contributed by atoms with Gasteiger partial charge in [0.15, 0.2) is 0 Å². The van der Waals surface area contributed by atoms with Gasteiger partial charge in [-0.05, 0) is 19.1 Å². The van der Waals surface area contributed by atoms with Crippen LogP contribution in [0, 0.1) is 6.92 Å². The molecule has 19 heavy (non-hydrogen) atoms. The van der Waals surface area contributed by atoms with Gasteiger partial charge in [0.1, 0.15) is 16.4 Å². The quantitative estimate of drug-likeness (QED) is 0.701. The van der Waals surface area contributed by atoms with Crippen LogP contribution in [0.2, 0.25) is 0 Å². The number of benzene rings is 1. The van der Waals surface area contributed by atoms with Gasteiger partial charge in [0.2, 0.25) is 0 Å². The Morgan fingerprint density at radius 3 is 2.53 bits per heavy atom. The molecule has 2 heterocycles. The highest BCUT2D eigenvalue weighted by atomic mass is 79.9. The van der Waals surface area contributed by atoms with Gasteiger partial charge in [0, 0.05) is 27.8 Å². The average Bonchev–Trinajstić information content (AvgIpc) is 2.89. The van der Waals surface area contributed by atoms with Crippen molar-refractivity contribution in [1.82, 2.24) is 15.0 Å². The second-order valence-electron chi connectivity index (χ2n) is 4.04. The molecule has 3 rings (SSSR count). The van der Waals surface area contributed by atoms with Crippen molar-refractivity contribution in [2.24, 2.45) is 0 Å². The predicted molar refractivity (Wildman–Crippen MR) is 81.0 cm³/mol. The Morgan fingerprint density at radius 2 is 1.79 bits per heavy atom. The number of aromatic nitrogens is 3. The van der Waals surface area contributed by atoms with E-state index < -0.39 is 0 Å². The summed E-state index contributed by atoms with van der Waals surface area (Å²) in [6.45, 7) is 1.95. The van der Waals surface area contributed by atoms with E-state index in [1.54, 1.807) is 23.7 Å². The van der Waals surface area contributed by atoms with Gasteiger partial charge < -0.3 is 0 Å². The fourth-order valence-electron chi connectivity index (χ4n) is 1.77. The molecule has 0 fully saturated rings. The Hall–Kier alpha value is -1.59. The Kier molecular flexibility index (Phi) is 3.40. The first-order valence-corrected chi connectivity index (χ1v) is 7.41. The molecule has 3 nitrogen and oxygen atoms in total. The number of thiazole rings is 1. The van der Waals surface area contributed by atoms with E-state index in [4.69, 9.17) is 0 Å². The average molecular weight is 332 g/mol. The third-order valence-corrected chi connectivity index (χ3v) is 4.14. The topological polar surface area (TPSA) is 38.7 Å². The largest absolute Gasteiger partial charge is 0.258 e. The summed E-state index contributed by atoms with van der Waals surface area (Å²) < 4.78 is 1.07. The summed E-state index contributed by atoms with van der Waals surface area (Å²) in [6.07, 6.45) is 3.39. The molecule has 0 N–H and O–H groups in total. The summed E-state index contributed by atoms with van der Waals surface area (Å²) in [4.78, 5) is 13.2. The molecule has 1 aromatic carbocycles. The number of hydrogen-bond donors (Lipinski definition) is 0. The Balaban J connectivity index is 2.00. The highest BCUT2D eigenvalue weighted by Gasteiger charge is 2.10. The predicted octanol–water partition coefficient (Wildman–Crippen LogP) is 4.34. The molecule has 0 aliphatic heterocycles. The van der Waals surface area contributed by atoms with Crippen molar-refractivity contribution in [3.05, 3.63) is 52.2 Å². The lowest BCUT2D eigenvalue weighted by Crippen LogP contribution is -1.90. The maximum Gasteiger partial charge on any atom is 0.124 e. The second kappa shape index (κ2) is 5.19. The van der Waals surface area contributed by atoms with Crippen molar-refractivity contribution in [1.29, 1.82) is 0 Å². The molecule has 0 saturated heterocycles. The second-order valence-corrected chi connectivity index (χ2v) is 5.81. The molecule has 0 bridgehead atoms. The molecule has 3 aromatic rings. The zero-order valence-electron chi connectivity index (χ0n) is 10.2. The molecule has 0 saturated carbocycles. The summed E-state index contributed by atoms with van der Waals surface area (Å²) in [5.41, 5.74) is 3.74. The maximum atomic E-state index is 4.64.